The van der Waals surface area contributed by atoms with Crippen LogP contribution in [0.1, 0.15) is 34.6 Å². The van der Waals surface area contributed by atoms with Crippen molar-refractivity contribution in [3.05, 3.63) is 22.5 Å². The summed E-state index contributed by atoms with van der Waals surface area (Å²) in [6.07, 6.45) is -0.746. The van der Waals surface area contributed by atoms with E-state index in [1.807, 2.05) is 27.7 Å². The Kier molecular flexibility index (Phi) is 3.17. The molecule has 5 nitrogen and oxygen atoms in total. The van der Waals surface area contributed by atoms with Crippen molar-refractivity contribution in [2.24, 2.45) is 5.92 Å². The zero-order valence-electron chi connectivity index (χ0n) is 12.0. The highest BCUT2D eigenvalue weighted by Gasteiger charge is 2.42. The smallest absolute Gasteiger partial charge is 0.188 e. The van der Waals surface area contributed by atoms with Gasteiger partial charge in [0.1, 0.15) is 0 Å². The minimum absolute atomic E-state index is 0.121. The summed E-state index contributed by atoms with van der Waals surface area (Å²) < 4.78 is 22.5. The number of hydrogen-bond acceptors (Lipinski definition) is 5. The number of hydrogen-bond donors (Lipinski definition) is 1. The summed E-state index contributed by atoms with van der Waals surface area (Å²) in [7, 11) is 0. The summed E-state index contributed by atoms with van der Waals surface area (Å²) in [4.78, 5) is 0. The first kappa shape index (κ1) is 13.1. The second-order valence-corrected chi connectivity index (χ2v) is 5.35. The van der Waals surface area contributed by atoms with E-state index in [9.17, 15) is 0 Å². The Morgan fingerprint density at radius 3 is 1.42 bits per heavy atom. The van der Waals surface area contributed by atoms with Gasteiger partial charge in [0.05, 0.1) is 0 Å². The van der Waals surface area contributed by atoms with E-state index in [0.717, 1.165) is 22.5 Å². The quantitative estimate of drug-likeness (QED) is 0.831. The number of nitrogens with one attached hydrogen (secondary N) is 1. The van der Waals surface area contributed by atoms with Crippen molar-refractivity contribution < 1.29 is 18.9 Å². The van der Waals surface area contributed by atoms with E-state index >= 15 is 0 Å². The molecule has 19 heavy (non-hydrogen) atoms. The lowest BCUT2D eigenvalue weighted by Gasteiger charge is -2.44. The SMILES string of the molecule is CC1=C(C2OC(C)O2)C(C)C(C2OC(C)O2)=C(C)N1. The Morgan fingerprint density at radius 1 is 0.737 bits per heavy atom. The summed E-state index contributed by atoms with van der Waals surface area (Å²) in [5.41, 5.74) is 4.45. The average molecular weight is 267 g/mol. The van der Waals surface area contributed by atoms with E-state index in [-0.39, 0.29) is 31.1 Å². The molecule has 106 valence electrons. The van der Waals surface area contributed by atoms with Crippen molar-refractivity contribution in [2.45, 2.75) is 59.8 Å². The number of dihydropyridines is 1. The predicted octanol–water partition coefficient (Wildman–Crippen LogP) is 2.21. The molecule has 3 heterocycles. The van der Waals surface area contributed by atoms with Gasteiger partial charge in [-0.15, -0.1) is 0 Å². The van der Waals surface area contributed by atoms with E-state index in [1.165, 1.54) is 0 Å². The van der Waals surface area contributed by atoms with Crippen molar-refractivity contribution >= 4 is 0 Å². The fourth-order valence-electron chi connectivity index (χ4n) is 3.01. The van der Waals surface area contributed by atoms with Gasteiger partial charge in [0.25, 0.3) is 0 Å². The fraction of sp³-hybridized carbons (Fsp3) is 0.714. The number of allylic oxidation sites excluding steroid dienone is 2. The van der Waals surface area contributed by atoms with Crippen LogP contribution in [0.3, 0.4) is 0 Å². The molecule has 0 saturated carbocycles. The molecule has 0 radical (unpaired) electrons. The minimum Gasteiger partial charge on any atom is -0.362 e. The van der Waals surface area contributed by atoms with Gasteiger partial charge in [-0.2, -0.15) is 0 Å². The van der Waals surface area contributed by atoms with Crippen LogP contribution in [0.2, 0.25) is 0 Å². The third kappa shape index (κ3) is 2.10. The molecule has 0 aromatic carbocycles. The Balaban J connectivity index is 1.81. The second-order valence-electron chi connectivity index (χ2n) is 5.35. The first-order valence-corrected chi connectivity index (χ1v) is 6.77. The van der Waals surface area contributed by atoms with Crippen molar-refractivity contribution in [2.75, 3.05) is 0 Å². The van der Waals surface area contributed by atoms with Crippen LogP contribution in [0.5, 0.6) is 0 Å². The topological polar surface area (TPSA) is 49.0 Å². The highest BCUT2D eigenvalue weighted by molar-refractivity contribution is 5.37. The van der Waals surface area contributed by atoms with Gasteiger partial charge in [-0.1, -0.05) is 6.92 Å². The molecule has 2 fully saturated rings. The number of rotatable bonds is 2. The third-order valence-corrected chi connectivity index (χ3v) is 3.94. The average Bonchev–Trinajstić information content (AvgIpc) is 2.23. The maximum Gasteiger partial charge on any atom is 0.188 e. The molecule has 3 aliphatic heterocycles. The molecule has 3 aliphatic rings. The van der Waals surface area contributed by atoms with Gasteiger partial charge in [-0.3, -0.25) is 0 Å². The molecular weight excluding hydrogens is 246 g/mol. The summed E-state index contributed by atoms with van der Waals surface area (Å²) in [5.74, 6) is 0.191. The lowest BCUT2D eigenvalue weighted by molar-refractivity contribution is -0.367. The van der Waals surface area contributed by atoms with Crippen LogP contribution in [0.15, 0.2) is 22.5 Å². The van der Waals surface area contributed by atoms with Gasteiger partial charge in [0.2, 0.25) is 0 Å². The zero-order valence-corrected chi connectivity index (χ0v) is 12.0. The molecule has 0 spiro atoms. The van der Waals surface area contributed by atoms with Crippen molar-refractivity contribution in [3.8, 4) is 0 Å². The molecule has 1 N–H and O–H groups in total. The normalized spacial score (nSPS) is 42.7. The van der Waals surface area contributed by atoms with E-state index in [4.69, 9.17) is 18.9 Å². The van der Waals surface area contributed by atoms with E-state index in [0.29, 0.717) is 0 Å². The molecule has 0 unspecified atom stereocenters. The maximum absolute atomic E-state index is 5.63. The molecule has 0 atom stereocenters. The molecule has 0 aliphatic carbocycles. The van der Waals surface area contributed by atoms with Gasteiger partial charge >= 0.3 is 0 Å². The van der Waals surface area contributed by atoms with E-state index in [2.05, 4.69) is 12.2 Å². The molecule has 0 amide bonds. The summed E-state index contributed by atoms with van der Waals surface area (Å²) >= 11 is 0. The zero-order chi connectivity index (χ0) is 13.7. The highest BCUT2D eigenvalue weighted by Crippen LogP contribution is 2.40. The van der Waals surface area contributed by atoms with Crippen LogP contribution >= 0.6 is 0 Å². The third-order valence-electron chi connectivity index (χ3n) is 3.94. The number of ether oxygens (including phenoxy) is 4. The van der Waals surface area contributed by atoms with Gasteiger partial charge in [-0.05, 0) is 27.7 Å². The molecule has 5 heteroatoms. The first-order chi connectivity index (χ1) is 8.97. The Morgan fingerprint density at radius 2 is 1.11 bits per heavy atom. The van der Waals surface area contributed by atoms with Crippen LogP contribution in [0, 0.1) is 5.92 Å². The molecule has 3 rings (SSSR count). The summed E-state index contributed by atoms with van der Waals surface area (Å²) in [6.45, 7) is 10.0. The predicted molar refractivity (Wildman–Crippen MR) is 68.5 cm³/mol. The summed E-state index contributed by atoms with van der Waals surface area (Å²) in [5, 5.41) is 3.38. The van der Waals surface area contributed by atoms with Crippen LogP contribution in [0.25, 0.3) is 0 Å². The lowest BCUT2D eigenvalue weighted by atomic mass is 9.85. The Hall–Kier alpha value is -0.880. The van der Waals surface area contributed by atoms with Crippen LogP contribution in [-0.4, -0.2) is 25.2 Å². The van der Waals surface area contributed by atoms with Crippen LogP contribution < -0.4 is 5.32 Å². The Labute approximate surface area is 113 Å². The minimum atomic E-state index is -0.252. The van der Waals surface area contributed by atoms with E-state index in [1.54, 1.807) is 0 Å². The lowest BCUT2D eigenvalue weighted by Crippen LogP contribution is -2.48. The van der Waals surface area contributed by atoms with Crippen molar-refractivity contribution in [3.63, 3.8) is 0 Å². The Bertz CT molecular complexity index is 404. The second kappa shape index (κ2) is 4.59. The standard InChI is InChI=1S/C14H21NO4/c1-6-11(13-16-9(4)17-13)7(2)15-8(3)12(6)14-18-10(5)19-14/h6,9-10,13-15H,1-5H3. The molecule has 0 aromatic heterocycles. The molecule has 0 aromatic rings. The monoisotopic (exact) mass is 267 g/mol. The van der Waals surface area contributed by atoms with Gasteiger partial charge in [-0.25, -0.2) is 0 Å². The van der Waals surface area contributed by atoms with Gasteiger partial charge in [0.15, 0.2) is 25.2 Å². The molecule has 2 saturated heterocycles. The van der Waals surface area contributed by atoms with Gasteiger partial charge in [0, 0.05) is 28.5 Å². The first-order valence-electron chi connectivity index (χ1n) is 6.77. The molecule has 0 bridgehead atoms. The maximum atomic E-state index is 5.63. The van der Waals surface area contributed by atoms with Crippen LogP contribution in [-0.2, 0) is 18.9 Å². The van der Waals surface area contributed by atoms with Crippen molar-refractivity contribution in [1.29, 1.82) is 0 Å². The van der Waals surface area contributed by atoms with E-state index < -0.39 is 0 Å². The summed E-state index contributed by atoms with van der Waals surface area (Å²) in [6, 6.07) is 0. The largest absolute Gasteiger partial charge is 0.362 e. The van der Waals surface area contributed by atoms with Crippen LogP contribution in [0.4, 0.5) is 0 Å². The fourth-order valence-corrected chi connectivity index (χ4v) is 3.01. The highest BCUT2D eigenvalue weighted by atomic mass is 16.9. The van der Waals surface area contributed by atoms with Crippen molar-refractivity contribution in [1.82, 2.24) is 5.32 Å². The molecular formula is C14H21NO4. The van der Waals surface area contributed by atoms with Gasteiger partial charge < -0.3 is 24.3 Å².